The molecule has 0 spiro atoms. The molecule has 35 heavy (non-hydrogen) atoms. The Morgan fingerprint density at radius 3 is 2.40 bits per heavy atom. The molecule has 0 aliphatic carbocycles. The Balaban J connectivity index is 1.50. The van der Waals surface area contributed by atoms with Crippen LogP contribution in [-0.4, -0.2) is 44.0 Å². The number of rotatable bonds is 9. The fraction of sp³-hybridized carbons (Fsp3) is 0.259. The number of hydrogen-bond acceptors (Lipinski definition) is 6. The predicted octanol–water partition coefficient (Wildman–Crippen LogP) is 5.60. The summed E-state index contributed by atoms with van der Waals surface area (Å²) in [5, 5.41) is 12.5. The number of para-hydroxylation sites is 1. The summed E-state index contributed by atoms with van der Waals surface area (Å²) in [6, 6.07) is 20.3. The van der Waals surface area contributed by atoms with Gasteiger partial charge in [0.25, 0.3) is 0 Å². The Labute approximate surface area is 210 Å². The van der Waals surface area contributed by atoms with Gasteiger partial charge in [0.05, 0.1) is 11.4 Å². The highest BCUT2D eigenvalue weighted by molar-refractivity contribution is 7.99. The first kappa shape index (κ1) is 24.5. The normalized spacial score (nSPS) is 11.0. The van der Waals surface area contributed by atoms with E-state index in [4.69, 9.17) is 0 Å². The summed E-state index contributed by atoms with van der Waals surface area (Å²) in [6.45, 7) is 9.47. The maximum absolute atomic E-state index is 12.8. The van der Waals surface area contributed by atoms with Crippen LogP contribution in [0.15, 0.2) is 78.2 Å². The summed E-state index contributed by atoms with van der Waals surface area (Å²) >= 11 is 1.36. The Hall–Kier alpha value is -3.65. The van der Waals surface area contributed by atoms with Gasteiger partial charge >= 0.3 is 0 Å². The third kappa shape index (κ3) is 5.71. The number of hydrogen-bond donors (Lipinski definition) is 1. The third-order valence-corrected chi connectivity index (χ3v) is 6.64. The topological polar surface area (TPSA) is 75.9 Å². The Kier molecular flexibility index (Phi) is 7.82. The van der Waals surface area contributed by atoms with Crippen LogP contribution in [0, 0.1) is 6.92 Å². The zero-order valence-electron chi connectivity index (χ0n) is 20.5. The minimum Gasteiger partial charge on any atom is -0.369 e. The van der Waals surface area contributed by atoms with Crippen molar-refractivity contribution >= 4 is 29.0 Å². The summed E-state index contributed by atoms with van der Waals surface area (Å²) in [7, 11) is 0. The fourth-order valence-electron chi connectivity index (χ4n) is 3.99. The van der Waals surface area contributed by atoms with Crippen molar-refractivity contribution in [3.63, 3.8) is 0 Å². The second-order valence-electron chi connectivity index (χ2n) is 8.43. The molecule has 2 aromatic heterocycles. The molecule has 0 aliphatic rings. The van der Waals surface area contributed by atoms with Crippen molar-refractivity contribution in [1.29, 1.82) is 0 Å². The molecule has 2 heterocycles. The number of nitrogens with one attached hydrogen (secondary N) is 1. The number of aromatic nitrogens is 4. The number of pyridine rings is 1. The molecule has 0 fully saturated rings. The Bertz CT molecular complexity index is 1270. The lowest BCUT2D eigenvalue weighted by atomic mass is 10.2. The van der Waals surface area contributed by atoms with Crippen molar-refractivity contribution in [2.45, 2.75) is 38.9 Å². The van der Waals surface area contributed by atoms with E-state index in [-0.39, 0.29) is 11.7 Å². The second kappa shape index (κ2) is 11.2. The van der Waals surface area contributed by atoms with Gasteiger partial charge in [0.1, 0.15) is 0 Å². The van der Waals surface area contributed by atoms with Crippen molar-refractivity contribution in [3.05, 3.63) is 78.6 Å². The molecule has 1 amide bonds. The van der Waals surface area contributed by atoms with E-state index >= 15 is 0 Å². The highest BCUT2D eigenvalue weighted by Gasteiger charge is 2.18. The van der Waals surface area contributed by atoms with Gasteiger partial charge < -0.3 is 10.2 Å². The van der Waals surface area contributed by atoms with E-state index in [0.29, 0.717) is 17.0 Å². The van der Waals surface area contributed by atoms with E-state index < -0.39 is 0 Å². The molecule has 0 aliphatic heterocycles. The third-order valence-electron chi connectivity index (χ3n) is 5.71. The van der Waals surface area contributed by atoms with Crippen molar-refractivity contribution in [1.82, 2.24) is 19.7 Å². The summed E-state index contributed by atoms with van der Waals surface area (Å²) in [5.41, 5.74) is 4.90. The summed E-state index contributed by atoms with van der Waals surface area (Å²) in [6.07, 6.45) is 3.47. The smallest absolute Gasteiger partial charge is 0.234 e. The van der Waals surface area contributed by atoms with E-state index in [9.17, 15) is 4.79 Å². The van der Waals surface area contributed by atoms with Crippen molar-refractivity contribution in [3.8, 4) is 17.1 Å². The highest BCUT2D eigenvalue weighted by Crippen LogP contribution is 2.29. The summed E-state index contributed by atoms with van der Waals surface area (Å²) in [4.78, 5) is 19.2. The van der Waals surface area contributed by atoms with Crippen molar-refractivity contribution in [2.75, 3.05) is 22.5 Å². The number of thioether (sulfide) groups is 1. The summed E-state index contributed by atoms with van der Waals surface area (Å²) in [5.74, 6) is 0.837. The second-order valence-corrected chi connectivity index (χ2v) is 9.37. The van der Waals surface area contributed by atoms with E-state index in [1.54, 1.807) is 12.4 Å². The van der Waals surface area contributed by atoms with Crippen molar-refractivity contribution < 1.29 is 4.79 Å². The number of amides is 1. The van der Waals surface area contributed by atoms with Gasteiger partial charge in [-0.2, -0.15) is 0 Å². The van der Waals surface area contributed by atoms with Gasteiger partial charge in [-0.25, -0.2) is 0 Å². The lowest BCUT2D eigenvalue weighted by molar-refractivity contribution is -0.113. The van der Waals surface area contributed by atoms with E-state index in [1.165, 1.54) is 11.8 Å². The quantitative estimate of drug-likeness (QED) is 0.310. The minimum absolute atomic E-state index is 0.0937. The van der Waals surface area contributed by atoms with E-state index in [0.717, 1.165) is 34.7 Å². The largest absolute Gasteiger partial charge is 0.369 e. The van der Waals surface area contributed by atoms with Crippen LogP contribution in [0.5, 0.6) is 0 Å². The maximum Gasteiger partial charge on any atom is 0.234 e. The Morgan fingerprint density at radius 1 is 1.03 bits per heavy atom. The zero-order valence-corrected chi connectivity index (χ0v) is 21.3. The molecule has 0 bridgehead atoms. The molecule has 0 saturated carbocycles. The van der Waals surface area contributed by atoms with Crippen LogP contribution in [0.25, 0.3) is 17.1 Å². The number of carbonyl (C=O) groups excluding carboxylic acids is 1. The molecule has 7 nitrogen and oxygen atoms in total. The number of anilines is 2. The van der Waals surface area contributed by atoms with Gasteiger partial charge in [-0.15, -0.1) is 10.2 Å². The van der Waals surface area contributed by atoms with Gasteiger partial charge in [0, 0.05) is 41.9 Å². The van der Waals surface area contributed by atoms with Crippen LogP contribution in [0.2, 0.25) is 0 Å². The average molecular weight is 487 g/mol. The zero-order chi connectivity index (χ0) is 24.8. The van der Waals surface area contributed by atoms with Crippen LogP contribution in [0.3, 0.4) is 0 Å². The molecule has 8 heteroatoms. The summed E-state index contributed by atoms with van der Waals surface area (Å²) < 4.78 is 2.00. The lowest BCUT2D eigenvalue weighted by Crippen LogP contribution is -2.30. The first-order valence-corrected chi connectivity index (χ1v) is 12.7. The first-order chi connectivity index (χ1) is 17.0. The molecule has 4 aromatic rings. The van der Waals surface area contributed by atoms with Gasteiger partial charge in [0.15, 0.2) is 11.0 Å². The maximum atomic E-state index is 12.8. The highest BCUT2D eigenvalue weighted by atomic mass is 32.2. The predicted molar refractivity (Wildman–Crippen MR) is 143 cm³/mol. The number of nitrogens with zero attached hydrogens (tertiary/aromatic N) is 5. The van der Waals surface area contributed by atoms with Crippen molar-refractivity contribution in [2.24, 2.45) is 0 Å². The molecule has 2 aromatic carbocycles. The molecule has 180 valence electrons. The van der Waals surface area contributed by atoms with Gasteiger partial charge in [-0.05, 0) is 75.7 Å². The van der Waals surface area contributed by atoms with Crippen LogP contribution >= 0.6 is 11.8 Å². The molecular weight excluding hydrogens is 456 g/mol. The molecule has 1 N–H and O–H groups in total. The molecule has 0 radical (unpaired) electrons. The lowest BCUT2D eigenvalue weighted by Gasteiger charge is -2.27. The van der Waals surface area contributed by atoms with Crippen LogP contribution < -0.4 is 10.2 Å². The minimum atomic E-state index is -0.0937. The van der Waals surface area contributed by atoms with Crippen LogP contribution in [0.1, 0.15) is 26.3 Å². The van der Waals surface area contributed by atoms with Gasteiger partial charge in [-0.3, -0.25) is 14.3 Å². The standard InChI is InChI=1S/C27H30N6OS/c1-5-32(19(2)3)23-12-10-22(11-13-23)29-25(34)18-35-27-31-30-26(21-14-16-28-17-15-21)33(27)24-9-7-6-8-20(24)4/h6-17,19H,5,18H2,1-4H3,(H,29,34). The molecular formula is C27H30N6OS. The Morgan fingerprint density at radius 2 is 1.74 bits per heavy atom. The van der Waals surface area contributed by atoms with Crippen LogP contribution in [-0.2, 0) is 4.79 Å². The monoisotopic (exact) mass is 486 g/mol. The van der Waals surface area contributed by atoms with E-state index in [1.807, 2.05) is 59.2 Å². The number of carbonyl (C=O) groups is 1. The SMILES string of the molecule is CCN(c1ccc(NC(=O)CSc2nnc(-c3ccncc3)n2-c2ccccc2C)cc1)C(C)C. The first-order valence-electron chi connectivity index (χ1n) is 11.7. The molecule has 0 atom stereocenters. The molecule has 0 unspecified atom stereocenters. The van der Waals surface area contributed by atoms with E-state index in [2.05, 4.69) is 59.2 Å². The molecule has 4 rings (SSSR count). The average Bonchev–Trinajstić information content (AvgIpc) is 3.28. The number of benzene rings is 2. The van der Waals surface area contributed by atoms with Gasteiger partial charge in [0.2, 0.25) is 5.91 Å². The molecule has 0 saturated heterocycles. The fourth-order valence-corrected chi connectivity index (χ4v) is 4.74. The number of aryl methyl sites for hydroxylation is 1. The van der Waals surface area contributed by atoms with Crippen LogP contribution in [0.4, 0.5) is 11.4 Å². The van der Waals surface area contributed by atoms with Gasteiger partial charge in [-0.1, -0.05) is 30.0 Å².